The van der Waals surface area contributed by atoms with Gasteiger partial charge in [0.15, 0.2) is 0 Å². The van der Waals surface area contributed by atoms with Gasteiger partial charge < -0.3 is 18.7 Å². The van der Waals surface area contributed by atoms with Gasteiger partial charge in [-0.2, -0.15) is 0 Å². The molecule has 3 saturated heterocycles. The lowest BCUT2D eigenvalue weighted by atomic mass is 9.85. The van der Waals surface area contributed by atoms with Gasteiger partial charge in [0, 0.05) is 49.7 Å². The number of hydrogen-bond acceptors (Lipinski definition) is 5. The van der Waals surface area contributed by atoms with Crippen LogP contribution < -0.4 is 0 Å². The molecule has 0 aromatic heterocycles. The summed E-state index contributed by atoms with van der Waals surface area (Å²) in [5.41, 5.74) is -0.621. The molecule has 0 saturated carbocycles. The number of carbonyl (C=O) groups excluding carboxylic acids is 2. The Labute approximate surface area is 233 Å². The van der Waals surface area contributed by atoms with Crippen molar-refractivity contribution in [2.45, 2.75) is 101 Å². The van der Waals surface area contributed by atoms with E-state index >= 15 is 0 Å². The van der Waals surface area contributed by atoms with E-state index in [1.807, 2.05) is 60.7 Å². The average molecular weight is 535 g/mol. The van der Waals surface area contributed by atoms with Crippen LogP contribution in [0.4, 0.5) is 4.79 Å². The number of carbonyl (C=O) groups is 2. The minimum absolute atomic E-state index is 0.177. The fourth-order valence-corrected chi connectivity index (χ4v) is 7.46. The van der Waals surface area contributed by atoms with E-state index < -0.39 is 17.7 Å². The van der Waals surface area contributed by atoms with Crippen molar-refractivity contribution in [3.8, 4) is 0 Å². The molecule has 3 fully saturated rings. The molecule has 6 nitrogen and oxygen atoms in total. The Bertz CT molecular complexity index is 1030. The molecule has 0 N–H and O–H groups in total. The number of piperidine rings is 1. The molecule has 2 atom stereocenters. The number of nitrogens with zero attached hydrogens (tertiary/aromatic N) is 1. The van der Waals surface area contributed by atoms with Crippen molar-refractivity contribution in [2.75, 3.05) is 19.7 Å². The van der Waals surface area contributed by atoms with Crippen LogP contribution in [0.5, 0.6) is 0 Å². The van der Waals surface area contributed by atoms with Crippen LogP contribution in [0.25, 0.3) is 0 Å². The Morgan fingerprint density at radius 3 is 1.95 bits per heavy atom. The van der Waals surface area contributed by atoms with Crippen LogP contribution in [-0.4, -0.2) is 54.5 Å². The summed E-state index contributed by atoms with van der Waals surface area (Å²) >= 11 is 0. The van der Waals surface area contributed by atoms with Crippen molar-refractivity contribution in [1.29, 1.82) is 0 Å². The van der Waals surface area contributed by atoms with Crippen LogP contribution in [0, 0.1) is 0 Å². The van der Waals surface area contributed by atoms with Crippen LogP contribution in [0.15, 0.2) is 60.7 Å². The molecule has 2 aromatic rings. The monoisotopic (exact) mass is 534 g/mol. The van der Waals surface area contributed by atoms with Gasteiger partial charge in [-0.05, 0) is 6.42 Å². The molecular weight excluding hydrogens is 490 g/mol. The lowest BCUT2D eigenvalue weighted by molar-refractivity contribution is -0.956. The maximum absolute atomic E-state index is 14.3. The summed E-state index contributed by atoms with van der Waals surface area (Å²) in [7, 11) is 0. The van der Waals surface area contributed by atoms with Crippen LogP contribution >= 0.6 is 0 Å². The molecule has 210 valence electrons. The minimum Gasteiger partial charge on any atom is -0.458 e. The topological polar surface area (TPSA) is 61.8 Å². The first-order valence-corrected chi connectivity index (χ1v) is 15.1. The first kappa shape index (κ1) is 27.7. The second kappa shape index (κ2) is 12.5. The predicted molar refractivity (Wildman–Crippen MR) is 150 cm³/mol. The molecule has 0 amide bonds. The highest BCUT2D eigenvalue weighted by molar-refractivity contribution is 5.88. The van der Waals surface area contributed by atoms with Crippen molar-refractivity contribution in [1.82, 2.24) is 0 Å². The minimum atomic E-state index is -1.74. The lowest BCUT2D eigenvalue weighted by Gasteiger charge is -2.47. The number of benzene rings is 2. The molecule has 1 spiro atoms. The van der Waals surface area contributed by atoms with Gasteiger partial charge in [-0.1, -0.05) is 93.3 Å². The van der Waals surface area contributed by atoms with Gasteiger partial charge in [-0.3, -0.25) is 0 Å². The van der Waals surface area contributed by atoms with Crippen molar-refractivity contribution in [2.24, 2.45) is 0 Å². The van der Waals surface area contributed by atoms with Gasteiger partial charge in [-0.25, -0.2) is 9.59 Å². The second-order valence-corrected chi connectivity index (χ2v) is 11.7. The third kappa shape index (κ3) is 5.72. The smallest absolute Gasteiger partial charge is 0.458 e. The van der Waals surface area contributed by atoms with Crippen LogP contribution in [0.1, 0.15) is 88.7 Å². The summed E-state index contributed by atoms with van der Waals surface area (Å²) in [4.78, 5) is 27.4. The third-order valence-electron chi connectivity index (χ3n) is 9.38. The van der Waals surface area contributed by atoms with Gasteiger partial charge >= 0.3 is 12.1 Å². The highest BCUT2D eigenvalue weighted by Gasteiger charge is 2.57. The number of quaternary nitrogens is 1. The highest BCUT2D eigenvalue weighted by Crippen LogP contribution is 2.47. The van der Waals surface area contributed by atoms with Crippen LogP contribution in [0.3, 0.4) is 0 Å². The zero-order valence-electron chi connectivity index (χ0n) is 23.4. The standard InChI is InChI=1S/C33H44NO5/c1-2-3-4-5-14-23-37-32(36)39-33(26-15-8-6-9-16-26,27-17-10-7-11-18-27)31(35)38-30-24-28-19-20-29(25-30)34(28)21-12-13-22-34/h6-11,15-18,28-30H,2-5,12-14,19-25H2,1H3/q+1. The second-order valence-electron chi connectivity index (χ2n) is 11.7. The number of rotatable bonds is 11. The summed E-state index contributed by atoms with van der Waals surface area (Å²) in [6.45, 7) is 4.97. The number of ether oxygens (including phenoxy) is 3. The normalized spacial score (nSPS) is 23.5. The van der Waals surface area contributed by atoms with Gasteiger partial charge in [0.2, 0.25) is 0 Å². The number of esters is 1. The Kier molecular flexibility index (Phi) is 8.91. The summed E-state index contributed by atoms with van der Waals surface area (Å²) in [5, 5.41) is 0. The largest absolute Gasteiger partial charge is 0.510 e. The van der Waals surface area contributed by atoms with E-state index in [1.54, 1.807) is 0 Å². The van der Waals surface area contributed by atoms with E-state index in [2.05, 4.69) is 6.92 Å². The Morgan fingerprint density at radius 1 is 0.821 bits per heavy atom. The van der Waals surface area contributed by atoms with Crippen molar-refractivity contribution < 1.29 is 28.3 Å². The Balaban J connectivity index is 1.37. The van der Waals surface area contributed by atoms with Gasteiger partial charge in [-0.15, -0.1) is 0 Å². The third-order valence-corrected chi connectivity index (χ3v) is 9.38. The number of hydrogen-bond donors (Lipinski definition) is 0. The van der Waals surface area contributed by atoms with E-state index in [4.69, 9.17) is 14.2 Å². The molecular formula is C33H44NO5+. The summed E-state index contributed by atoms with van der Waals surface area (Å²) in [5.74, 6) is -0.543. The highest BCUT2D eigenvalue weighted by atomic mass is 16.7. The molecule has 2 bridgehead atoms. The predicted octanol–water partition coefficient (Wildman–Crippen LogP) is 6.90. The molecule has 3 aliphatic heterocycles. The zero-order valence-corrected chi connectivity index (χ0v) is 23.4. The SMILES string of the molecule is CCCCCCCOC(=O)OC(C(=O)OC1CC2CCC(C1)[N+]21CCCC1)(c1ccccc1)c1ccccc1. The van der Waals surface area contributed by atoms with Crippen LogP contribution in [-0.2, 0) is 24.6 Å². The Morgan fingerprint density at radius 2 is 1.38 bits per heavy atom. The molecule has 3 heterocycles. The van der Waals surface area contributed by atoms with E-state index in [0.29, 0.717) is 23.2 Å². The Hall–Kier alpha value is -2.86. The van der Waals surface area contributed by atoms with Crippen molar-refractivity contribution in [3.05, 3.63) is 71.8 Å². The molecule has 39 heavy (non-hydrogen) atoms. The maximum Gasteiger partial charge on any atom is 0.510 e. The number of unbranched alkanes of at least 4 members (excludes halogenated alkanes) is 4. The van der Waals surface area contributed by atoms with E-state index in [-0.39, 0.29) is 12.7 Å². The molecule has 5 rings (SSSR count). The average Bonchev–Trinajstić information content (AvgIpc) is 3.51. The van der Waals surface area contributed by atoms with Gasteiger partial charge in [0.25, 0.3) is 5.60 Å². The molecule has 2 aromatic carbocycles. The first-order valence-electron chi connectivity index (χ1n) is 15.1. The maximum atomic E-state index is 14.3. The first-order chi connectivity index (χ1) is 19.1. The summed E-state index contributed by atoms with van der Waals surface area (Å²) < 4.78 is 19.1. The fraction of sp³-hybridized carbons (Fsp3) is 0.576. The van der Waals surface area contributed by atoms with Crippen molar-refractivity contribution >= 4 is 12.1 Å². The molecule has 6 heteroatoms. The summed E-state index contributed by atoms with van der Waals surface area (Å²) in [6.07, 6.45) is 11.0. The van der Waals surface area contributed by atoms with Crippen molar-refractivity contribution in [3.63, 3.8) is 0 Å². The van der Waals surface area contributed by atoms with E-state index in [9.17, 15) is 9.59 Å². The van der Waals surface area contributed by atoms with Gasteiger partial charge in [0.1, 0.15) is 6.10 Å². The fourth-order valence-electron chi connectivity index (χ4n) is 7.46. The molecule has 2 unspecified atom stereocenters. The van der Waals surface area contributed by atoms with E-state index in [0.717, 1.165) is 38.5 Å². The molecule has 0 aliphatic carbocycles. The summed E-state index contributed by atoms with van der Waals surface area (Å²) in [6, 6.07) is 19.6. The zero-order chi connectivity index (χ0) is 27.1. The molecule has 0 radical (unpaired) electrons. The quantitative estimate of drug-likeness (QED) is 0.178. The van der Waals surface area contributed by atoms with E-state index in [1.165, 1.54) is 49.7 Å². The van der Waals surface area contributed by atoms with Crippen LogP contribution in [0.2, 0.25) is 0 Å². The lowest BCUT2D eigenvalue weighted by Crippen LogP contribution is -2.60. The molecule has 3 aliphatic rings. The van der Waals surface area contributed by atoms with Gasteiger partial charge in [0.05, 0.1) is 31.8 Å².